The first kappa shape index (κ1) is 15.7. The zero-order valence-electron chi connectivity index (χ0n) is 12.5. The fourth-order valence-electron chi connectivity index (χ4n) is 2.50. The first-order valence-electron chi connectivity index (χ1n) is 7.13. The molecule has 21 heavy (non-hydrogen) atoms. The van der Waals surface area contributed by atoms with E-state index in [2.05, 4.69) is 5.32 Å². The van der Waals surface area contributed by atoms with Crippen LogP contribution in [0, 0.1) is 0 Å². The molecule has 1 aliphatic heterocycles. The predicted octanol–water partition coefficient (Wildman–Crippen LogP) is 1.73. The van der Waals surface area contributed by atoms with Crippen molar-refractivity contribution in [1.82, 2.24) is 15.1 Å². The van der Waals surface area contributed by atoms with Gasteiger partial charge in [0.15, 0.2) is 0 Å². The molecule has 1 aliphatic carbocycles. The van der Waals surface area contributed by atoms with E-state index >= 15 is 0 Å². The highest BCUT2D eigenvalue weighted by Gasteiger charge is 2.23. The second-order valence-electron chi connectivity index (χ2n) is 5.26. The first-order chi connectivity index (χ1) is 10.0. The average Bonchev–Trinajstić information content (AvgIpc) is 2.61. The Morgan fingerprint density at radius 1 is 1.29 bits per heavy atom. The molecule has 116 valence electrons. The molecule has 2 rings (SSSR count). The molecule has 0 atom stereocenters. The minimum atomic E-state index is -0.523. The van der Waals surface area contributed by atoms with Crippen molar-refractivity contribution in [3.8, 4) is 0 Å². The van der Waals surface area contributed by atoms with E-state index in [0.29, 0.717) is 39.1 Å². The number of nitrogens with one attached hydrogen (secondary N) is 1. The van der Waals surface area contributed by atoms with Crippen molar-refractivity contribution in [1.29, 1.82) is 0 Å². The Kier molecular flexibility index (Phi) is 5.12. The summed E-state index contributed by atoms with van der Waals surface area (Å²) in [6.07, 6.45) is 3.19. The summed E-state index contributed by atoms with van der Waals surface area (Å²) >= 11 is 0. The summed E-state index contributed by atoms with van der Waals surface area (Å²) in [4.78, 5) is 15.6. The van der Waals surface area contributed by atoms with E-state index < -0.39 is 11.7 Å². The second-order valence-corrected chi connectivity index (χ2v) is 5.26. The van der Waals surface area contributed by atoms with Gasteiger partial charge in [-0.3, -0.25) is 4.79 Å². The number of nitrogens with zero attached hydrogens (tertiary/aromatic N) is 2. The summed E-state index contributed by atoms with van der Waals surface area (Å²) in [6, 6.07) is 0. The highest BCUT2D eigenvalue weighted by Crippen LogP contribution is 2.26. The normalized spacial score (nSPS) is 20.2. The van der Waals surface area contributed by atoms with E-state index in [9.17, 15) is 13.6 Å². The van der Waals surface area contributed by atoms with Crippen LogP contribution < -0.4 is 5.32 Å². The topological polar surface area (TPSA) is 35.6 Å². The maximum Gasteiger partial charge on any atom is 0.236 e. The third kappa shape index (κ3) is 3.69. The zero-order chi connectivity index (χ0) is 15.4. The molecule has 1 N–H and O–H groups in total. The minimum Gasteiger partial charge on any atom is -0.371 e. The molecule has 0 unspecified atom stereocenters. The third-order valence-electron chi connectivity index (χ3n) is 3.87. The lowest BCUT2D eigenvalue weighted by atomic mass is 10.2. The quantitative estimate of drug-likeness (QED) is 0.862. The molecule has 4 nitrogen and oxygen atoms in total. The van der Waals surface area contributed by atoms with Crippen LogP contribution in [0.3, 0.4) is 0 Å². The number of halogens is 2. The van der Waals surface area contributed by atoms with Crippen LogP contribution in [0.1, 0.15) is 13.3 Å². The van der Waals surface area contributed by atoms with E-state index in [1.807, 2.05) is 4.90 Å². The molecule has 0 aromatic rings. The van der Waals surface area contributed by atoms with E-state index in [1.54, 1.807) is 11.9 Å². The van der Waals surface area contributed by atoms with Crippen molar-refractivity contribution >= 4 is 5.91 Å². The van der Waals surface area contributed by atoms with E-state index in [-0.39, 0.29) is 11.5 Å². The van der Waals surface area contributed by atoms with Gasteiger partial charge in [0.25, 0.3) is 0 Å². The van der Waals surface area contributed by atoms with Gasteiger partial charge in [-0.2, -0.15) is 0 Å². The summed E-state index contributed by atoms with van der Waals surface area (Å²) in [6.45, 7) is 4.26. The van der Waals surface area contributed by atoms with Crippen LogP contribution in [0.4, 0.5) is 8.78 Å². The van der Waals surface area contributed by atoms with Gasteiger partial charge in [-0.25, -0.2) is 8.78 Å². The number of amides is 1. The predicted molar refractivity (Wildman–Crippen MR) is 77.8 cm³/mol. The zero-order valence-corrected chi connectivity index (χ0v) is 12.5. The molecule has 2 aliphatic rings. The van der Waals surface area contributed by atoms with Crippen LogP contribution in [0.15, 0.2) is 35.1 Å². The lowest BCUT2D eigenvalue weighted by Gasteiger charge is -2.37. The second kappa shape index (κ2) is 6.85. The van der Waals surface area contributed by atoms with Crippen LogP contribution in [0.5, 0.6) is 0 Å². The molecule has 0 aromatic heterocycles. The Hall–Kier alpha value is -1.69. The van der Waals surface area contributed by atoms with Crippen molar-refractivity contribution in [3.05, 3.63) is 35.1 Å². The van der Waals surface area contributed by atoms with Gasteiger partial charge >= 0.3 is 0 Å². The van der Waals surface area contributed by atoms with E-state index in [4.69, 9.17) is 0 Å². The third-order valence-corrected chi connectivity index (χ3v) is 3.87. The Morgan fingerprint density at radius 2 is 1.95 bits per heavy atom. The van der Waals surface area contributed by atoms with Gasteiger partial charge in [0.1, 0.15) is 11.7 Å². The van der Waals surface area contributed by atoms with Gasteiger partial charge in [0, 0.05) is 43.9 Å². The number of hydrogen-bond donors (Lipinski definition) is 1. The molecule has 0 spiro atoms. The highest BCUT2D eigenvalue weighted by molar-refractivity contribution is 5.78. The Morgan fingerprint density at radius 3 is 2.57 bits per heavy atom. The minimum absolute atomic E-state index is 0.0489. The molecule has 1 amide bonds. The van der Waals surface area contributed by atoms with Crippen molar-refractivity contribution in [3.63, 3.8) is 0 Å². The Balaban J connectivity index is 2.00. The van der Waals surface area contributed by atoms with Crippen molar-refractivity contribution < 1.29 is 13.6 Å². The largest absolute Gasteiger partial charge is 0.371 e. The van der Waals surface area contributed by atoms with Crippen LogP contribution in [-0.2, 0) is 4.79 Å². The molecule has 0 aromatic carbocycles. The van der Waals surface area contributed by atoms with Crippen molar-refractivity contribution in [2.75, 3.05) is 39.8 Å². The summed E-state index contributed by atoms with van der Waals surface area (Å²) in [5.74, 6) is -0.952. The van der Waals surface area contributed by atoms with Gasteiger partial charge in [-0.05, 0) is 26.1 Å². The van der Waals surface area contributed by atoms with Gasteiger partial charge in [0.05, 0.1) is 6.54 Å². The SMILES string of the molecule is CNCC(=O)N1CCN(C2=CC(F)=C(C)C(F)=CC2)CC1. The average molecular weight is 297 g/mol. The molecule has 1 saturated heterocycles. The van der Waals surface area contributed by atoms with E-state index in [1.165, 1.54) is 19.1 Å². The number of carbonyl (C=O) groups is 1. The molecule has 6 heteroatoms. The van der Waals surface area contributed by atoms with Gasteiger partial charge in [0.2, 0.25) is 5.91 Å². The molecule has 1 heterocycles. The molecule has 0 radical (unpaired) electrons. The lowest BCUT2D eigenvalue weighted by Crippen LogP contribution is -2.50. The number of rotatable bonds is 3. The van der Waals surface area contributed by atoms with Gasteiger partial charge < -0.3 is 15.1 Å². The molecular weight excluding hydrogens is 276 g/mol. The van der Waals surface area contributed by atoms with Crippen LogP contribution in [0.2, 0.25) is 0 Å². The van der Waals surface area contributed by atoms with Crippen LogP contribution >= 0.6 is 0 Å². The number of hydrogen-bond acceptors (Lipinski definition) is 3. The van der Waals surface area contributed by atoms with Crippen molar-refractivity contribution in [2.24, 2.45) is 0 Å². The Labute approximate surface area is 123 Å². The first-order valence-corrected chi connectivity index (χ1v) is 7.13. The monoisotopic (exact) mass is 297 g/mol. The highest BCUT2D eigenvalue weighted by atomic mass is 19.1. The summed E-state index contributed by atoms with van der Waals surface area (Å²) in [5.41, 5.74) is 0.813. The maximum atomic E-state index is 13.8. The van der Waals surface area contributed by atoms with Crippen LogP contribution in [-0.4, -0.2) is 55.5 Å². The van der Waals surface area contributed by atoms with Gasteiger partial charge in [-0.1, -0.05) is 0 Å². The maximum absolute atomic E-state index is 13.8. The fraction of sp³-hybridized carbons (Fsp3) is 0.533. The lowest BCUT2D eigenvalue weighted by molar-refractivity contribution is -0.131. The number of allylic oxidation sites excluding steroid dienone is 5. The summed E-state index contributed by atoms with van der Waals surface area (Å²) in [5, 5.41) is 2.84. The molecule has 1 fully saturated rings. The standard InChI is InChI=1S/C15H21F2N3O/c1-11-13(16)4-3-12(9-14(11)17)19-5-7-20(8-6-19)15(21)10-18-2/h4,9,18H,3,5-8,10H2,1-2H3. The fourth-order valence-corrected chi connectivity index (χ4v) is 2.50. The van der Waals surface area contributed by atoms with Gasteiger partial charge in [-0.15, -0.1) is 0 Å². The molecule has 0 bridgehead atoms. The smallest absolute Gasteiger partial charge is 0.236 e. The van der Waals surface area contributed by atoms with Crippen molar-refractivity contribution in [2.45, 2.75) is 13.3 Å². The molecule has 0 saturated carbocycles. The van der Waals surface area contributed by atoms with E-state index in [0.717, 1.165) is 5.70 Å². The number of carbonyl (C=O) groups excluding carboxylic acids is 1. The van der Waals surface area contributed by atoms with Crippen LogP contribution in [0.25, 0.3) is 0 Å². The summed E-state index contributed by atoms with van der Waals surface area (Å²) in [7, 11) is 1.74. The number of likely N-dealkylation sites (N-methyl/N-ethyl adjacent to an activating group) is 1. The summed E-state index contributed by atoms with van der Waals surface area (Å²) < 4.78 is 27.4. The Bertz CT molecular complexity index is 503. The molecular formula is C15H21F2N3O. The number of piperazine rings is 1.